The van der Waals surface area contributed by atoms with E-state index in [1.165, 1.54) is 24.0 Å². The molecule has 0 radical (unpaired) electrons. The van der Waals surface area contributed by atoms with Crippen LogP contribution in [0.5, 0.6) is 5.75 Å². The summed E-state index contributed by atoms with van der Waals surface area (Å²) in [6, 6.07) is 10.7. The van der Waals surface area contributed by atoms with E-state index < -0.39 is 0 Å². The zero-order valence-corrected chi connectivity index (χ0v) is 17.3. The highest BCUT2D eigenvalue weighted by Gasteiger charge is 2.36. The van der Waals surface area contributed by atoms with Crippen LogP contribution in [0.3, 0.4) is 0 Å². The fourth-order valence-electron chi connectivity index (χ4n) is 4.23. The van der Waals surface area contributed by atoms with Gasteiger partial charge in [-0.1, -0.05) is 6.07 Å². The Morgan fingerprint density at radius 2 is 2.17 bits per heavy atom. The van der Waals surface area contributed by atoms with Gasteiger partial charge in [0.15, 0.2) is 5.84 Å². The summed E-state index contributed by atoms with van der Waals surface area (Å²) in [5.41, 5.74) is 9.58. The first kappa shape index (κ1) is 17.7. The largest absolute Gasteiger partial charge is 0.483 e. The second kappa shape index (κ2) is 6.70. The average molecular weight is 420 g/mol. The number of amidine groups is 1. The summed E-state index contributed by atoms with van der Waals surface area (Å²) >= 11 is 1.65. The normalized spacial score (nSPS) is 20.6. The summed E-state index contributed by atoms with van der Waals surface area (Å²) in [5.74, 6) is 1.38. The van der Waals surface area contributed by atoms with Gasteiger partial charge in [0.05, 0.1) is 21.4 Å². The smallest absolute Gasteiger partial charge is 0.262 e. The van der Waals surface area contributed by atoms with E-state index >= 15 is 0 Å². The van der Waals surface area contributed by atoms with Crippen LogP contribution in [0, 0.1) is 0 Å². The Labute approximate surface area is 177 Å². The SMILES string of the molecule is CC1C(=O)NN=C2COc3cc(-c4ccc5scnc5c4)c(NC4CCC4)cc3N21. The van der Waals surface area contributed by atoms with E-state index in [-0.39, 0.29) is 11.9 Å². The van der Waals surface area contributed by atoms with Crippen molar-refractivity contribution in [3.8, 4) is 16.9 Å². The molecule has 0 saturated heterocycles. The van der Waals surface area contributed by atoms with E-state index in [4.69, 9.17) is 4.74 Å². The van der Waals surface area contributed by atoms with Crippen LogP contribution >= 0.6 is 11.3 Å². The van der Waals surface area contributed by atoms with Gasteiger partial charge in [-0.25, -0.2) is 10.4 Å². The number of nitrogens with one attached hydrogen (secondary N) is 2. The highest BCUT2D eigenvalue weighted by molar-refractivity contribution is 7.16. The molecule has 2 N–H and O–H groups in total. The first-order valence-corrected chi connectivity index (χ1v) is 11.1. The number of carbonyl (C=O) groups is 1. The predicted octanol–water partition coefficient (Wildman–Crippen LogP) is 3.96. The van der Waals surface area contributed by atoms with Gasteiger partial charge in [0, 0.05) is 17.3 Å². The van der Waals surface area contributed by atoms with Gasteiger partial charge < -0.3 is 15.0 Å². The van der Waals surface area contributed by atoms with Crippen molar-refractivity contribution >= 4 is 44.7 Å². The van der Waals surface area contributed by atoms with E-state index in [1.807, 2.05) is 17.3 Å². The Morgan fingerprint density at radius 3 is 3.00 bits per heavy atom. The number of hydrazone groups is 1. The summed E-state index contributed by atoms with van der Waals surface area (Å²) in [6.07, 6.45) is 3.60. The van der Waals surface area contributed by atoms with Crippen molar-refractivity contribution in [3.63, 3.8) is 0 Å². The first-order valence-electron chi connectivity index (χ1n) is 10.2. The highest BCUT2D eigenvalue weighted by atomic mass is 32.1. The lowest BCUT2D eigenvalue weighted by Gasteiger charge is -2.39. The monoisotopic (exact) mass is 419 g/mol. The molecule has 3 aliphatic rings. The molecule has 1 unspecified atom stereocenters. The molecule has 1 aromatic heterocycles. The van der Waals surface area contributed by atoms with Crippen LogP contribution < -0.4 is 20.4 Å². The zero-order valence-electron chi connectivity index (χ0n) is 16.5. The molecule has 30 heavy (non-hydrogen) atoms. The van der Waals surface area contributed by atoms with Gasteiger partial charge in [-0.15, -0.1) is 11.3 Å². The summed E-state index contributed by atoms with van der Waals surface area (Å²) in [6.45, 7) is 2.22. The number of benzene rings is 2. The van der Waals surface area contributed by atoms with Crippen molar-refractivity contribution < 1.29 is 9.53 Å². The van der Waals surface area contributed by atoms with Gasteiger partial charge in [0.1, 0.15) is 18.4 Å². The molecule has 1 fully saturated rings. The molecular weight excluding hydrogens is 398 g/mol. The summed E-state index contributed by atoms with van der Waals surface area (Å²) in [4.78, 5) is 18.7. The maximum atomic E-state index is 12.2. The fraction of sp³-hybridized carbons (Fsp3) is 0.318. The Morgan fingerprint density at radius 1 is 1.27 bits per heavy atom. The second-order valence-electron chi connectivity index (χ2n) is 8.01. The summed E-state index contributed by atoms with van der Waals surface area (Å²) < 4.78 is 7.22. The molecule has 1 atom stereocenters. The number of hydrogen-bond acceptors (Lipinski definition) is 7. The van der Waals surface area contributed by atoms with Gasteiger partial charge in [-0.05, 0) is 56.0 Å². The minimum Gasteiger partial charge on any atom is -0.483 e. The molecule has 7 nitrogen and oxygen atoms in total. The number of anilines is 2. The van der Waals surface area contributed by atoms with Crippen LogP contribution in [0.25, 0.3) is 21.3 Å². The number of thiazole rings is 1. The van der Waals surface area contributed by atoms with Crippen LogP contribution in [0.15, 0.2) is 40.9 Å². The third-order valence-corrected chi connectivity index (χ3v) is 6.97. The minimum absolute atomic E-state index is 0.113. The van der Waals surface area contributed by atoms with Crippen molar-refractivity contribution in [2.45, 2.75) is 38.3 Å². The maximum absolute atomic E-state index is 12.2. The van der Waals surface area contributed by atoms with E-state index in [2.05, 4.69) is 51.2 Å². The Hall–Kier alpha value is -3.13. The van der Waals surface area contributed by atoms with Crippen LogP contribution in [-0.2, 0) is 4.79 Å². The van der Waals surface area contributed by atoms with Gasteiger partial charge in [0.25, 0.3) is 5.91 Å². The molecule has 1 aliphatic carbocycles. The average Bonchev–Trinajstić information content (AvgIpc) is 3.20. The topological polar surface area (TPSA) is 78.8 Å². The lowest BCUT2D eigenvalue weighted by molar-refractivity contribution is -0.122. The molecule has 0 bridgehead atoms. The fourth-order valence-corrected chi connectivity index (χ4v) is 4.89. The first-order chi connectivity index (χ1) is 14.7. The minimum atomic E-state index is -0.339. The number of aromatic nitrogens is 1. The van der Waals surface area contributed by atoms with E-state index in [9.17, 15) is 4.79 Å². The molecule has 1 saturated carbocycles. The summed E-state index contributed by atoms with van der Waals surface area (Å²) in [7, 11) is 0. The Kier molecular flexibility index (Phi) is 3.95. The van der Waals surface area contributed by atoms with Crippen molar-refractivity contribution in [1.29, 1.82) is 0 Å². The number of amides is 1. The lowest BCUT2D eigenvalue weighted by Crippen LogP contribution is -2.55. The van der Waals surface area contributed by atoms with Gasteiger partial charge in [-0.3, -0.25) is 4.79 Å². The van der Waals surface area contributed by atoms with E-state index in [0.29, 0.717) is 12.6 Å². The number of fused-ring (bicyclic) bond motifs is 4. The van der Waals surface area contributed by atoms with Crippen molar-refractivity contribution in [1.82, 2.24) is 10.4 Å². The van der Waals surface area contributed by atoms with E-state index in [0.717, 1.165) is 39.6 Å². The number of rotatable bonds is 3. The van der Waals surface area contributed by atoms with Crippen molar-refractivity contribution in [3.05, 3.63) is 35.8 Å². The third kappa shape index (κ3) is 2.74. The third-order valence-electron chi connectivity index (χ3n) is 6.16. The molecule has 0 spiro atoms. The Balaban J connectivity index is 1.50. The number of nitrogens with zero attached hydrogens (tertiary/aromatic N) is 3. The summed E-state index contributed by atoms with van der Waals surface area (Å²) in [5, 5.41) is 7.92. The maximum Gasteiger partial charge on any atom is 0.262 e. The molecule has 3 heterocycles. The molecule has 152 valence electrons. The molecule has 1 amide bonds. The standard InChI is InChI=1S/C22H21N5O2S/c1-12-22(28)26-25-21-10-29-19-8-15(13-5-6-20-17(7-13)23-11-30-20)16(9-18(19)27(12)21)24-14-3-2-4-14/h5-9,11-12,14,24H,2-4,10H2,1H3,(H,26,28). The molecule has 8 heteroatoms. The Bertz CT molecular complexity index is 1200. The quantitative estimate of drug-likeness (QED) is 0.672. The van der Waals surface area contributed by atoms with Crippen LogP contribution in [0.2, 0.25) is 0 Å². The number of carbonyl (C=O) groups excluding carboxylic acids is 1. The number of ether oxygens (including phenoxy) is 1. The predicted molar refractivity (Wildman–Crippen MR) is 119 cm³/mol. The van der Waals surface area contributed by atoms with Crippen molar-refractivity contribution in [2.24, 2.45) is 5.10 Å². The lowest BCUT2D eigenvalue weighted by atomic mass is 9.91. The second-order valence-corrected chi connectivity index (χ2v) is 8.90. The molecular formula is C22H21N5O2S. The van der Waals surface area contributed by atoms with Crippen LogP contribution in [-0.4, -0.2) is 35.4 Å². The van der Waals surface area contributed by atoms with Crippen LogP contribution in [0.4, 0.5) is 11.4 Å². The van der Waals surface area contributed by atoms with Gasteiger partial charge in [0.2, 0.25) is 0 Å². The van der Waals surface area contributed by atoms with Gasteiger partial charge in [-0.2, -0.15) is 5.10 Å². The molecule has 6 rings (SSSR count). The molecule has 3 aromatic rings. The van der Waals surface area contributed by atoms with Crippen molar-refractivity contribution in [2.75, 3.05) is 16.8 Å². The van der Waals surface area contributed by atoms with E-state index in [1.54, 1.807) is 11.3 Å². The molecule has 2 aromatic carbocycles. The van der Waals surface area contributed by atoms with Crippen LogP contribution in [0.1, 0.15) is 26.2 Å². The number of hydrogen-bond donors (Lipinski definition) is 2. The molecule has 2 aliphatic heterocycles. The zero-order chi connectivity index (χ0) is 20.2. The van der Waals surface area contributed by atoms with Gasteiger partial charge >= 0.3 is 0 Å². The highest BCUT2D eigenvalue weighted by Crippen LogP contribution is 2.44.